The van der Waals surface area contributed by atoms with Crippen LogP contribution in [0.15, 0.2) is 87.0 Å². The number of hydrogen-bond acceptors (Lipinski definition) is 13. The van der Waals surface area contributed by atoms with Gasteiger partial charge in [0, 0.05) is 35.0 Å². The maximum Gasteiger partial charge on any atom is 0.269 e. The first kappa shape index (κ1) is 47.6. The third kappa shape index (κ3) is 12.0. The second-order valence-corrected chi connectivity index (χ2v) is 18.4. The SMILES string of the molecule is [C-]#[N+]c1ccc(N[C@@H](C(=O)NNC(=O)c2ccc(S(C)(=O)=O)cc2)[C@@H](C)O)c(C)c1Cl.[C-]#[N+]c1ccc(N[C@@H](c2nnc(-c3ccc(S(C)(=O)=O)cc3)o2)[C@@H](C)O)c(C)c1Cl. The standard InChI is InChI=1S/C20H21ClN4O5S.C20H19ClN4O4S/c1-11-15(9-10-16(22-3)17(11)21)23-18(12(2)26)20(28)25-24-19(27)13-5-7-14(8-6-13)31(4,29)30;1-11-15(9-10-16(22-3)17(11)21)23-18(12(2)26)20-25-24-19(29-20)13-5-7-14(8-6-13)30(4,27)28/h5-10,12,18,23,26H,1-2,4H3,(H,24,27)(H,25,28);5-10,12,18,23,26H,1-2,4H3/t2*12-,18-/m11/s1. The van der Waals surface area contributed by atoms with Crippen molar-refractivity contribution in [1.29, 1.82) is 0 Å². The highest BCUT2D eigenvalue weighted by Gasteiger charge is 2.27. The van der Waals surface area contributed by atoms with Crippen LogP contribution in [0.1, 0.15) is 47.3 Å². The Labute approximate surface area is 362 Å². The van der Waals surface area contributed by atoms with E-state index in [2.05, 4.69) is 41.4 Å². The minimum Gasteiger partial charge on any atom is -0.418 e. The van der Waals surface area contributed by atoms with E-state index in [0.29, 0.717) is 38.8 Å². The van der Waals surface area contributed by atoms with Gasteiger partial charge in [-0.05, 0) is 99.5 Å². The fourth-order valence-corrected chi connectivity index (χ4v) is 7.07. The average molecular weight is 912 g/mol. The summed E-state index contributed by atoms with van der Waals surface area (Å²) in [6.07, 6.45) is 0.162. The smallest absolute Gasteiger partial charge is 0.269 e. The number of carbonyl (C=O) groups excluding carboxylic acids is 2. The van der Waals surface area contributed by atoms with Crippen LogP contribution >= 0.6 is 23.2 Å². The van der Waals surface area contributed by atoms with E-state index in [-0.39, 0.29) is 37.8 Å². The van der Waals surface area contributed by atoms with Crippen molar-refractivity contribution < 1.29 is 41.1 Å². The van der Waals surface area contributed by atoms with E-state index in [4.69, 9.17) is 40.8 Å². The molecule has 320 valence electrons. The Balaban J connectivity index is 0.000000269. The second kappa shape index (κ2) is 20.0. The molecule has 4 atom stereocenters. The summed E-state index contributed by atoms with van der Waals surface area (Å²) in [6, 6.07) is 15.7. The minimum atomic E-state index is -3.40. The zero-order valence-electron chi connectivity index (χ0n) is 33.4. The molecule has 61 heavy (non-hydrogen) atoms. The number of nitrogens with one attached hydrogen (secondary N) is 4. The first-order valence-electron chi connectivity index (χ1n) is 17.8. The van der Waals surface area contributed by atoms with Crippen molar-refractivity contribution in [3.63, 3.8) is 0 Å². The molecule has 21 heteroatoms. The Hall–Kier alpha value is -6.06. The van der Waals surface area contributed by atoms with Crippen molar-refractivity contribution in [2.75, 3.05) is 23.1 Å². The number of halogens is 2. The molecule has 0 saturated carbocycles. The summed E-state index contributed by atoms with van der Waals surface area (Å²) in [5, 5.41) is 34.9. The summed E-state index contributed by atoms with van der Waals surface area (Å²) < 4.78 is 51.9. The molecular formula is C40H40Cl2N8O9S2. The maximum atomic E-state index is 12.5. The van der Waals surface area contributed by atoms with Gasteiger partial charge in [-0.2, -0.15) is 0 Å². The first-order chi connectivity index (χ1) is 28.6. The van der Waals surface area contributed by atoms with E-state index < -0.39 is 55.8 Å². The molecule has 0 radical (unpaired) electrons. The molecule has 0 unspecified atom stereocenters. The monoisotopic (exact) mass is 910 g/mol. The number of nitrogens with zero attached hydrogens (tertiary/aromatic N) is 4. The number of sulfone groups is 2. The van der Waals surface area contributed by atoms with Crippen LogP contribution in [0.4, 0.5) is 22.7 Å². The Morgan fingerprint density at radius 1 is 0.705 bits per heavy atom. The molecule has 5 rings (SSSR count). The van der Waals surface area contributed by atoms with E-state index in [1.54, 1.807) is 51.1 Å². The van der Waals surface area contributed by atoms with Crippen molar-refractivity contribution in [2.24, 2.45) is 0 Å². The molecule has 0 aliphatic rings. The number of rotatable bonds is 12. The zero-order valence-corrected chi connectivity index (χ0v) is 36.5. The number of hydrogen-bond donors (Lipinski definition) is 6. The lowest BCUT2D eigenvalue weighted by molar-refractivity contribution is -0.124. The van der Waals surface area contributed by atoms with Crippen molar-refractivity contribution >= 4 is 77.4 Å². The molecule has 0 aliphatic carbocycles. The third-order valence-corrected chi connectivity index (χ3v) is 12.1. The molecule has 17 nitrogen and oxygen atoms in total. The van der Waals surface area contributed by atoms with Crippen molar-refractivity contribution in [2.45, 2.75) is 61.8 Å². The van der Waals surface area contributed by atoms with E-state index in [0.717, 1.165) is 12.5 Å². The van der Waals surface area contributed by atoms with Crippen LogP contribution in [0.5, 0.6) is 0 Å². The number of aliphatic hydroxyl groups excluding tert-OH is 2. The van der Waals surface area contributed by atoms with Crippen LogP contribution in [-0.4, -0.2) is 79.8 Å². The van der Waals surface area contributed by atoms with Crippen LogP contribution in [0.25, 0.3) is 21.1 Å². The summed E-state index contributed by atoms with van der Waals surface area (Å²) in [5.41, 5.74) is 7.98. The number of aromatic nitrogens is 2. The van der Waals surface area contributed by atoms with E-state index in [1.807, 2.05) is 0 Å². The van der Waals surface area contributed by atoms with Gasteiger partial charge in [-0.1, -0.05) is 35.3 Å². The van der Waals surface area contributed by atoms with E-state index in [1.165, 1.54) is 49.4 Å². The minimum absolute atomic E-state index is 0.0599. The van der Waals surface area contributed by atoms with Gasteiger partial charge >= 0.3 is 0 Å². The summed E-state index contributed by atoms with van der Waals surface area (Å²) in [5.74, 6) is -1.05. The quantitative estimate of drug-likeness (QED) is 0.0587. The van der Waals surface area contributed by atoms with Gasteiger partial charge in [-0.25, -0.2) is 26.5 Å². The van der Waals surface area contributed by atoms with Gasteiger partial charge in [0.05, 0.1) is 45.2 Å². The molecule has 1 heterocycles. The summed E-state index contributed by atoms with van der Waals surface area (Å²) in [7, 11) is -6.70. The molecule has 5 aromatic rings. The third-order valence-electron chi connectivity index (χ3n) is 8.92. The maximum absolute atomic E-state index is 12.5. The molecule has 2 amide bonds. The van der Waals surface area contributed by atoms with Crippen molar-refractivity contribution in [1.82, 2.24) is 21.0 Å². The van der Waals surface area contributed by atoms with Gasteiger partial charge < -0.3 is 25.3 Å². The molecule has 0 fully saturated rings. The molecular weight excluding hydrogens is 872 g/mol. The van der Waals surface area contributed by atoms with Crippen LogP contribution in [0, 0.1) is 27.0 Å². The highest BCUT2D eigenvalue weighted by atomic mass is 35.5. The fourth-order valence-electron chi connectivity index (χ4n) is 5.40. The van der Waals surface area contributed by atoms with Crippen molar-refractivity contribution in [3.05, 3.63) is 128 Å². The van der Waals surface area contributed by atoms with Gasteiger partial charge in [0.25, 0.3) is 11.8 Å². The van der Waals surface area contributed by atoms with E-state index >= 15 is 0 Å². The molecule has 0 spiro atoms. The van der Waals surface area contributed by atoms with Gasteiger partial charge in [0.2, 0.25) is 23.2 Å². The summed E-state index contributed by atoms with van der Waals surface area (Å²) in [4.78, 5) is 31.7. The number of hydrazine groups is 1. The fraction of sp³-hybridized carbons (Fsp3) is 0.250. The van der Waals surface area contributed by atoms with Crippen LogP contribution in [-0.2, 0) is 24.5 Å². The van der Waals surface area contributed by atoms with Gasteiger partial charge in [0.15, 0.2) is 19.7 Å². The lowest BCUT2D eigenvalue weighted by atomic mass is 10.1. The topological polar surface area (TPSA) is 239 Å². The van der Waals surface area contributed by atoms with Crippen LogP contribution in [0.2, 0.25) is 10.0 Å². The number of carbonyl (C=O) groups is 2. The Morgan fingerprint density at radius 2 is 1.18 bits per heavy atom. The highest BCUT2D eigenvalue weighted by molar-refractivity contribution is 7.91. The molecule has 0 bridgehead atoms. The average Bonchev–Trinajstić information content (AvgIpc) is 3.70. The van der Waals surface area contributed by atoms with Gasteiger partial charge in [-0.3, -0.25) is 20.4 Å². The normalized spacial score (nSPS) is 13.2. The lowest BCUT2D eigenvalue weighted by Gasteiger charge is -2.23. The lowest BCUT2D eigenvalue weighted by Crippen LogP contribution is -2.52. The molecule has 0 saturated heterocycles. The van der Waals surface area contributed by atoms with Crippen LogP contribution < -0.4 is 21.5 Å². The van der Waals surface area contributed by atoms with Crippen molar-refractivity contribution in [3.8, 4) is 11.5 Å². The predicted octanol–water partition coefficient (Wildman–Crippen LogP) is 6.41. The van der Waals surface area contributed by atoms with E-state index in [9.17, 15) is 36.6 Å². The first-order valence-corrected chi connectivity index (χ1v) is 22.4. The largest absolute Gasteiger partial charge is 0.418 e. The van der Waals surface area contributed by atoms with Gasteiger partial charge in [-0.15, -0.1) is 10.2 Å². The number of benzene rings is 4. The molecule has 6 N–H and O–H groups in total. The molecule has 4 aromatic carbocycles. The Morgan fingerprint density at radius 3 is 1.62 bits per heavy atom. The molecule has 1 aromatic heterocycles. The number of aliphatic hydroxyl groups is 2. The number of anilines is 2. The second-order valence-electron chi connectivity index (χ2n) is 13.6. The Bertz CT molecular complexity index is 2730. The van der Waals surface area contributed by atoms with Gasteiger partial charge in [0.1, 0.15) is 12.1 Å². The molecule has 0 aliphatic heterocycles. The summed E-state index contributed by atoms with van der Waals surface area (Å²) >= 11 is 12.4. The zero-order chi connectivity index (χ0) is 45.4. The van der Waals surface area contributed by atoms with Crippen LogP contribution in [0.3, 0.4) is 0 Å². The Kier molecular flexibility index (Phi) is 15.6. The highest BCUT2D eigenvalue weighted by Crippen LogP contribution is 2.36. The predicted molar refractivity (Wildman–Crippen MR) is 230 cm³/mol. The number of amides is 2. The summed E-state index contributed by atoms with van der Waals surface area (Å²) in [6.45, 7) is 20.6.